The first-order valence-corrected chi connectivity index (χ1v) is 6.22. The molecule has 0 unspecified atom stereocenters. The second-order valence-corrected chi connectivity index (χ2v) is 4.80. The molecule has 0 aliphatic carbocycles. The molecule has 2 N–H and O–H groups in total. The summed E-state index contributed by atoms with van der Waals surface area (Å²) < 4.78 is 15.6. The Balaban J connectivity index is 2.43. The molecule has 2 aromatic carbocycles. The van der Waals surface area contributed by atoms with Crippen molar-refractivity contribution in [3.63, 3.8) is 0 Å². The van der Waals surface area contributed by atoms with Crippen molar-refractivity contribution in [1.82, 2.24) is 9.55 Å². The van der Waals surface area contributed by atoms with Gasteiger partial charge < -0.3 is 5.73 Å². The van der Waals surface area contributed by atoms with Gasteiger partial charge in [0.1, 0.15) is 0 Å². The minimum absolute atomic E-state index is 0.0193. The predicted octanol–water partition coefficient (Wildman–Crippen LogP) is 4.05. The van der Waals surface area contributed by atoms with E-state index in [9.17, 15) is 4.39 Å². The molecule has 1 heterocycles. The molecule has 96 valence electrons. The van der Waals surface area contributed by atoms with Crippen LogP contribution in [0.1, 0.15) is 0 Å². The number of nitrogens with zero attached hydrogens (tertiary/aromatic N) is 2. The van der Waals surface area contributed by atoms with Crippen molar-refractivity contribution in [2.24, 2.45) is 0 Å². The van der Waals surface area contributed by atoms with E-state index in [4.69, 9.17) is 28.9 Å². The van der Waals surface area contributed by atoms with Crippen molar-refractivity contribution in [3.8, 4) is 5.69 Å². The van der Waals surface area contributed by atoms with Crippen LogP contribution in [0.4, 0.5) is 10.3 Å². The maximum Gasteiger partial charge on any atom is 0.206 e. The quantitative estimate of drug-likeness (QED) is 0.736. The summed E-state index contributed by atoms with van der Waals surface area (Å²) in [5.74, 6) is -0.403. The number of nitrogens with two attached hydrogens (primary N) is 1. The molecule has 0 saturated carbocycles. The lowest BCUT2D eigenvalue weighted by molar-refractivity contribution is 0.620. The Bertz CT molecular complexity index is 783. The van der Waals surface area contributed by atoms with Crippen molar-refractivity contribution >= 4 is 40.2 Å². The Hall–Kier alpha value is -1.78. The van der Waals surface area contributed by atoms with E-state index in [0.29, 0.717) is 16.1 Å². The van der Waals surface area contributed by atoms with Crippen LogP contribution in [0.2, 0.25) is 10.0 Å². The third-order valence-electron chi connectivity index (χ3n) is 2.83. The maximum absolute atomic E-state index is 14.1. The number of nitrogen functional groups attached to an aromatic ring is 1. The minimum Gasteiger partial charge on any atom is -0.369 e. The van der Waals surface area contributed by atoms with Crippen molar-refractivity contribution in [2.75, 3.05) is 5.73 Å². The first kappa shape index (κ1) is 12.3. The standard InChI is InChI=1S/C13H8Cl2FN3/c14-7-3-2-6-10(11(7)16)19-12-8(15)4-1-5-9(12)18-13(19)17/h1-6H,(H2,17,18). The van der Waals surface area contributed by atoms with Gasteiger partial charge in [-0.25, -0.2) is 9.37 Å². The van der Waals surface area contributed by atoms with Gasteiger partial charge in [0.15, 0.2) is 5.82 Å². The summed E-state index contributed by atoms with van der Waals surface area (Å²) in [6.45, 7) is 0. The van der Waals surface area contributed by atoms with Crippen LogP contribution in [0.3, 0.4) is 0 Å². The van der Waals surface area contributed by atoms with Gasteiger partial charge in [-0.2, -0.15) is 0 Å². The Labute approximate surface area is 118 Å². The summed E-state index contributed by atoms with van der Waals surface area (Å²) in [6, 6.07) is 9.90. The Morgan fingerprint density at radius 3 is 2.53 bits per heavy atom. The molecular formula is C13H8Cl2FN3. The van der Waals surface area contributed by atoms with Crippen LogP contribution in [0, 0.1) is 5.82 Å². The molecule has 0 spiro atoms. The fraction of sp³-hybridized carbons (Fsp3) is 0. The SMILES string of the molecule is Nc1nc2cccc(Cl)c2n1-c1cccc(Cl)c1F. The maximum atomic E-state index is 14.1. The molecule has 3 aromatic rings. The summed E-state index contributed by atoms with van der Waals surface area (Å²) in [5, 5.41) is 0.465. The van der Waals surface area contributed by atoms with Gasteiger partial charge in [0.25, 0.3) is 0 Å². The summed E-state index contributed by atoms with van der Waals surface area (Å²) in [6.07, 6.45) is 0. The zero-order chi connectivity index (χ0) is 13.6. The molecule has 0 amide bonds. The van der Waals surface area contributed by atoms with Crippen LogP contribution >= 0.6 is 23.2 Å². The number of imidazole rings is 1. The lowest BCUT2D eigenvalue weighted by Crippen LogP contribution is -2.03. The third kappa shape index (κ3) is 1.84. The van der Waals surface area contributed by atoms with Gasteiger partial charge in [0, 0.05) is 0 Å². The van der Waals surface area contributed by atoms with E-state index in [0.717, 1.165) is 0 Å². The van der Waals surface area contributed by atoms with Crippen LogP contribution in [0.25, 0.3) is 16.7 Å². The van der Waals surface area contributed by atoms with E-state index in [-0.39, 0.29) is 16.7 Å². The molecule has 0 aliphatic heterocycles. The van der Waals surface area contributed by atoms with Crippen molar-refractivity contribution in [1.29, 1.82) is 0 Å². The molecule has 0 saturated heterocycles. The second kappa shape index (κ2) is 4.40. The van der Waals surface area contributed by atoms with E-state index in [1.807, 2.05) is 0 Å². The van der Waals surface area contributed by atoms with E-state index >= 15 is 0 Å². The molecule has 3 nitrogen and oxygen atoms in total. The van der Waals surface area contributed by atoms with Gasteiger partial charge >= 0.3 is 0 Å². The lowest BCUT2D eigenvalue weighted by atomic mass is 10.2. The highest BCUT2D eigenvalue weighted by molar-refractivity contribution is 6.35. The summed E-state index contributed by atoms with van der Waals surface area (Å²) in [7, 11) is 0. The van der Waals surface area contributed by atoms with E-state index in [2.05, 4.69) is 4.98 Å². The molecule has 3 rings (SSSR count). The van der Waals surface area contributed by atoms with Crippen molar-refractivity contribution in [2.45, 2.75) is 0 Å². The molecule has 0 atom stereocenters. The smallest absolute Gasteiger partial charge is 0.206 e. The predicted molar refractivity (Wildman–Crippen MR) is 75.5 cm³/mol. The van der Waals surface area contributed by atoms with Gasteiger partial charge in [0.2, 0.25) is 5.95 Å². The Morgan fingerprint density at radius 2 is 1.74 bits per heavy atom. The molecule has 0 radical (unpaired) electrons. The summed E-state index contributed by atoms with van der Waals surface area (Å²) in [4.78, 5) is 4.17. The largest absolute Gasteiger partial charge is 0.369 e. The van der Waals surface area contributed by atoms with Gasteiger partial charge in [-0.15, -0.1) is 0 Å². The average molecular weight is 296 g/mol. The number of para-hydroxylation sites is 1. The molecule has 19 heavy (non-hydrogen) atoms. The highest BCUT2D eigenvalue weighted by Gasteiger charge is 2.16. The summed E-state index contributed by atoms with van der Waals surface area (Å²) >= 11 is 11.9. The van der Waals surface area contributed by atoms with Crippen molar-refractivity contribution in [3.05, 3.63) is 52.3 Å². The van der Waals surface area contributed by atoms with E-state index in [1.165, 1.54) is 10.6 Å². The number of halogens is 3. The molecule has 1 aromatic heterocycles. The number of benzene rings is 2. The molecule has 6 heteroatoms. The third-order valence-corrected chi connectivity index (χ3v) is 3.42. The van der Waals surface area contributed by atoms with Gasteiger partial charge in [-0.1, -0.05) is 35.3 Å². The normalized spacial score (nSPS) is 11.1. The number of aromatic nitrogens is 2. The number of fused-ring (bicyclic) bond motifs is 1. The fourth-order valence-electron chi connectivity index (χ4n) is 2.01. The minimum atomic E-state index is -0.560. The number of rotatable bonds is 1. The zero-order valence-corrected chi connectivity index (χ0v) is 11.1. The van der Waals surface area contributed by atoms with E-state index in [1.54, 1.807) is 30.3 Å². The average Bonchev–Trinajstić information content (AvgIpc) is 2.71. The van der Waals surface area contributed by atoms with Crippen LogP contribution < -0.4 is 5.73 Å². The lowest BCUT2D eigenvalue weighted by Gasteiger charge is -2.09. The van der Waals surface area contributed by atoms with Crippen LogP contribution in [0.15, 0.2) is 36.4 Å². The van der Waals surface area contributed by atoms with Crippen LogP contribution in [-0.4, -0.2) is 9.55 Å². The second-order valence-electron chi connectivity index (χ2n) is 3.99. The Morgan fingerprint density at radius 1 is 1.05 bits per heavy atom. The monoisotopic (exact) mass is 295 g/mol. The fourth-order valence-corrected chi connectivity index (χ4v) is 2.44. The van der Waals surface area contributed by atoms with Crippen LogP contribution in [-0.2, 0) is 0 Å². The van der Waals surface area contributed by atoms with Crippen molar-refractivity contribution < 1.29 is 4.39 Å². The highest BCUT2D eigenvalue weighted by Crippen LogP contribution is 2.31. The summed E-state index contributed by atoms with van der Waals surface area (Å²) in [5.41, 5.74) is 7.24. The molecule has 0 bridgehead atoms. The van der Waals surface area contributed by atoms with Crippen LogP contribution in [0.5, 0.6) is 0 Å². The zero-order valence-electron chi connectivity index (χ0n) is 9.57. The molecular weight excluding hydrogens is 288 g/mol. The Kier molecular flexibility index (Phi) is 2.84. The van der Waals surface area contributed by atoms with Gasteiger partial charge in [-0.3, -0.25) is 4.57 Å². The molecule has 0 aliphatic rings. The number of hydrogen-bond acceptors (Lipinski definition) is 2. The highest BCUT2D eigenvalue weighted by atomic mass is 35.5. The number of anilines is 1. The first-order valence-electron chi connectivity index (χ1n) is 5.46. The van der Waals surface area contributed by atoms with Gasteiger partial charge in [-0.05, 0) is 24.3 Å². The topological polar surface area (TPSA) is 43.8 Å². The van der Waals surface area contributed by atoms with E-state index < -0.39 is 5.82 Å². The number of hydrogen-bond donors (Lipinski definition) is 1. The molecule has 0 fully saturated rings. The van der Waals surface area contributed by atoms with Gasteiger partial charge in [0.05, 0.1) is 26.8 Å². The first-order chi connectivity index (χ1) is 9.09.